The van der Waals surface area contributed by atoms with E-state index in [2.05, 4.69) is 5.32 Å². The monoisotopic (exact) mass is 261 g/mol. The highest BCUT2D eigenvalue weighted by Gasteiger charge is 2.20. The molecule has 0 bridgehead atoms. The van der Waals surface area contributed by atoms with Gasteiger partial charge in [-0.15, -0.1) is 0 Å². The molecule has 0 aliphatic carbocycles. The van der Waals surface area contributed by atoms with Crippen LogP contribution < -0.4 is 5.32 Å². The minimum atomic E-state index is -0.374. The number of nitrogens with one attached hydrogen (secondary N) is 1. The van der Waals surface area contributed by atoms with Crippen LogP contribution in [0.1, 0.15) is 5.56 Å². The lowest BCUT2D eigenvalue weighted by Gasteiger charge is -2.24. The van der Waals surface area contributed by atoms with Crippen molar-refractivity contribution in [3.63, 3.8) is 0 Å². The van der Waals surface area contributed by atoms with Gasteiger partial charge in [0, 0.05) is 19.2 Å². The van der Waals surface area contributed by atoms with E-state index in [1.165, 1.54) is 12.1 Å². The summed E-state index contributed by atoms with van der Waals surface area (Å²) in [5.74, 6) is -0.338. The predicted molar refractivity (Wildman–Crippen MR) is 65.8 cm³/mol. The minimum absolute atomic E-state index is 0.0482. The fourth-order valence-electron chi connectivity index (χ4n) is 1.68. The second-order valence-corrected chi connectivity index (χ2v) is 4.08. The first-order valence-electron chi connectivity index (χ1n) is 5.29. The summed E-state index contributed by atoms with van der Waals surface area (Å²) < 4.78 is 23.3. The molecule has 0 radical (unpaired) electrons. The van der Waals surface area contributed by atoms with E-state index < -0.39 is 0 Å². The van der Waals surface area contributed by atoms with Crippen LogP contribution in [0.4, 0.5) is 4.39 Å². The van der Waals surface area contributed by atoms with E-state index in [1.807, 2.05) is 7.05 Å². The Labute approximate surface area is 106 Å². The molecule has 3 nitrogen and oxygen atoms in total. The Morgan fingerprint density at radius 1 is 1.35 bits per heavy atom. The van der Waals surface area contributed by atoms with Gasteiger partial charge in [-0.25, -0.2) is 4.39 Å². The van der Waals surface area contributed by atoms with Crippen LogP contribution in [0.15, 0.2) is 18.2 Å². The van der Waals surface area contributed by atoms with Crippen molar-refractivity contribution in [3.8, 4) is 0 Å². The molecule has 0 saturated carbocycles. The van der Waals surface area contributed by atoms with Crippen molar-refractivity contribution in [1.82, 2.24) is 5.32 Å². The number of rotatable bonds is 6. The summed E-state index contributed by atoms with van der Waals surface area (Å²) in [5.41, 5.74) is 0.853. The molecule has 0 spiro atoms. The quantitative estimate of drug-likeness (QED) is 0.797. The van der Waals surface area contributed by atoms with Crippen LogP contribution in [0.5, 0.6) is 0 Å². The summed E-state index contributed by atoms with van der Waals surface area (Å²) in [6, 6.07) is 4.32. The van der Waals surface area contributed by atoms with Crippen LogP contribution in [0.3, 0.4) is 0 Å². The van der Waals surface area contributed by atoms with Gasteiger partial charge >= 0.3 is 0 Å². The van der Waals surface area contributed by atoms with Crippen molar-refractivity contribution in [2.24, 2.45) is 0 Å². The van der Waals surface area contributed by atoms with Gasteiger partial charge in [-0.05, 0) is 31.2 Å². The smallest absolute Gasteiger partial charge is 0.172 e. The van der Waals surface area contributed by atoms with Crippen LogP contribution in [0, 0.1) is 5.82 Å². The SMILES string of the molecule is CNC(Cc1ccc(F)cc1Cl)C(OC)OC. The third kappa shape index (κ3) is 3.92. The fraction of sp³-hybridized carbons (Fsp3) is 0.500. The summed E-state index contributed by atoms with van der Waals surface area (Å²) in [7, 11) is 4.96. The molecule has 1 atom stereocenters. The minimum Gasteiger partial charge on any atom is -0.354 e. The lowest BCUT2D eigenvalue weighted by molar-refractivity contribution is -0.121. The number of methoxy groups -OCH3 is 2. The van der Waals surface area contributed by atoms with Crippen molar-refractivity contribution in [1.29, 1.82) is 0 Å². The zero-order chi connectivity index (χ0) is 12.8. The molecule has 0 aliphatic rings. The van der Waals surface area contributed by atoms with Crippen molar-refractivity contribution in [2.45, 2.75) is 18.8 Å². The van der Waals surface area contributed by atoms with Crippen LogP contribution in [-0.4, -0.2) is 33.6 Å². The highest BCUT2D eigenvalue weighted by molar-refractivity contribution is 6.31. The molecule has 0 aliphatic heterocycles. The molecule has 1 rings (SSSR count). The van der Waals surface area contributed by atoms with Gasteiger partial charge in [0.1, 0.15) is 5.82 Å². The lowest BCUT2D eigenvalue weighted by Crippen LogP contribution is -2.41. The Kier molecular flexibility index (Phi) is 5.85. The van der Waals surface area contributed by atoms with Crippen molar-refractivity contribution < 1.29 is 13.9 Å². The van der Waals surface area contributed by atoms with Gasteiger partial charge in [0.2, 0.25) is 0 Å². The van der Waals surface area contributed by atoms with Gasteiger partial charge in [0.25, 0.3) is 0 Å². The summed E-state index contributed by atoms with van der Waals surface area (Å²) in [4.78, 5) is 0. The zero-order valence-corrected chi connectivity index (χ0v) is 10.9. The molecular weight excluding hydrogens is 245 g/mol. The van der Waals surface area contributed by atoms with E-state index in [4.69, 9.17) is 21.1 Å². The van der Waals surface area contributed by atoms with E-state index in [0.29, 0.717) is 11.4 Å². The highest BCUT2D eigenvalue weighted by atomic mass is 35.5. The first-order chi connectivity index (χ1) is 8.12. The van der Waals surface area contributed by atoms with Crippen LogP contribution >= 0.6 is 11.6 Å². The molecule has 0 aromatic heterocycles. The summed E-state index contributed by atoms with van der Waals surface area (Å²) in [6.07, 6.45) is 0.225. The molecule has 1 aromatic carbocycles. The standard InChI is InChI=1S/C12H17ClFNO2/c1-15-11(12(16-2)17-3)6-8-4-5-9(14)7-10(8)13/h4-5,7,11-12,15H,6H2,1-3H3. The molecular formula is C12H17ClFNO2. The van der Waals surface area contributed by atoms with Crippen molar-refractivity contribution >= 4 is 11.6 Å². The highest BCUT2D eigenvalue weighted by Crippen LogP contribution is 2.20. The Balaban J connectivity index is 2.80. The maximum atomic E-state index is 12.9. The number of hydrogen-bond donors (Lipinski definition) is 1. The second kappa shape index (κ2) is 6.91. The summed E-state index contributed by atoms with van der Waals surface area (Å²) in [5, 5.41) is 3.51. The first-order valence-corrected chi connectivity index (χ1v) is 5.67. The maximum absolute atomic E-state index is 12.9. The Bertz CT molecular complexity index is 358. The van der Waals surface area contributed by atoms with E-state index in [-0.39, 0.29) is 18.1 Å². The first kappa shape index (κ1) is 14.4. The molecule has 1 unspecified atom stereocenters. The number of halogens is 2. The molecule has 0 amide bonds. The Hall–Kier alpha value is -0.680. The largest absolute Gasteiger partial charge is 0.354 e. The van der Waals surface area contributed by atoms with Crippen molar-refractivity contribution in [3.05, 3.63) is 34.6 Å². The van der Waals surface area contributed by atoms with E-state index in [0.717, 1.165) is 5.56 Å². The number of hydrogen-bond acceptors (Lipinski definition) is 3. The van der Waals surface area contributed by atoms with Crippen LogP contribution in [-0.2, 0) is 15.9 Å². The van der Waals surface area contributed by atoms with Gasteiger partial charge in [0.05, 0.1) is 6.04 Å². The third-order valence-corrected chi connectivity index (χ3v) is 2.97. The predicted octanol–water partition coefficient (Wildman–Crippen LogP) is 2.23. The van der Waals surface area contributed by atoms with Gasteiger partial charge in [-0.1, -0.05) is 17.7 Å². The van der Waals surface area contributed by atoms with E-state index >= 15 is 0 Å². The van der Waals surface area contributed by atoms with Gasteiger partial charge in [-0.3, -0.25) is 0 Å². The molecule has 0 fully saturated rings. The van der Waals surface area contributed by atoms with Crippen LogP contribution in [0.2, 0.25) is 5.02 Å². The Morgan fingerprint density at radius 2 is 2.00 bits per heavy atom. The van der Waals surface area contributed by atoms with E-state index in [9.17, 15) is 4.39 Å². The maximum Gasteiger partial charge on any atom is 0.172 e. The van der Waals surface area contributed by atoms with Gasteiger partial charge < -0.3 is 14.8 Å². The fourth-order valence-corrected chi connectivity index (χ4v) is 1.93. The van der Waals surface area contributed by atoms with Crippen molar-refractivity contribution in [2.75, 3.05) is 21.3 Å². The molecule has 1 N–H and O–H groups in total. The zero-order valence-electron chi connectivity index (χ0n) is 10.2. The third-order valence-electron chi connectivity index (χ3n) is 2.62. The van der Waals surface area contributed by atoms with Gasteiger partial charge in [0.15, 0.2) is 6.29 Å². The Morgan fingerprint density at radius 3 is 2.47 bits per heavy atom. The molecule has 17 heavy (non-hydrogen) atoms. The second-order valence-electron chi connectivity index (χ2n) is 3.67. The number of benzene rings is 1. The average Bonchev–Trinajstić information content (AvgIpc) is 2.32. The molecule has 96 valence electrons. The molecule has 1 aromatic rings. The number of likely N-dealkylation sites (N-methyl/N-ethyl adjacent to an activating group) is 1. The van der Waals surface area contributed by atoms with Gasteiger partial charge in [-0.2, -0.15) is 0 Å². The molecule has 5 heteroatoms. The topological polar surface area (TPSA) is 30.5 Å². The molecule has 0 heterocycles. The number of ether oxygens (including phenoxy) is 2. The van der Waals surface area contributed by atoms with E-state index in [1.54, 1.807) is 20.3 Å². The van der Waals surface area contributed by atoms with Crippen LogP contribution in [0.25, 0.3) is 0 Å². The normalized spacial score (nSPS) is 13.1. The summed E-state index contributed by atoms with van der Waals surface area (Å²) >= 11 is 5.97. The average molecular weight is 262 g/mol. The molecule has 0 saturated heterocycles. The summed E-state index contributed by atoms with van der Waals surface area (Å²) in [6.45, 7) is 0. The lowest BCUT2D eigenvalue weighted by atomic mass is 10.1.